The second-order valence-electron chi connectivity index (χ2n) is 6.30. The van der Waals surface area contributed by atoms with Crippen molar-refractivity contribution in [1.29, 1.82) is 0 Å². The molecule has 5 heteroatoms. The number of carbonyl (C=O) groups is 2. The Bertz CT molecular complexity index is 418. The molecule has 2 rings (SSSR count). The molecule has 0 aliphatic heterocycles. The van der Waals surface area contributed by atoms with Crippen molar-refractivity contribution in [2.24, 2.45) is 5.92 Å². The Morgan fingerprint density at radius 2 is 2.20 bits per heavy atom. The van der Waals surface area contributed by atoms with Crippen molar-refractivity contribution in [2.45, 2.75) is 56.7 Å². The van der Waals surface area contributed by atoms with Gasteiger partial charge in [0.1, 0.15) is 5.60 Å². The molecule has 0 heterocycles. The van der Waals surface area contributed by atoms with E-state index in [0.717, 1.165) is 38.2 Å². The van der Waals surface area contributed by atoms with E-state index in [1.807, 2.05) is 6.92 Å². The van der Waals surface area contributed by atoms with Gasteiger partial charge in [0, 0.05) is 12.5 Å². The van der Waals surface area contributed by atoms with Gasteiger partial charge in [0.05, 0.1) is 5.60 Å². The van der Waals surface area contributed by atoms with Crippen LogP contribution < -0.4 is 0 Å². The van der Waals surface area contributed by atoms with Crippen molar-refractivity contribution in [2.75, 3.05) is 6.61 Å². The molecule has 0 radical (unpaired) electrons. The van der Waals surface area contributed by atoms with Crippen LogP contribution in [0.4, 0.5) is 0 Å². The molecule has 2 saturated carbocycles. The number of aliphatic hydroxyl groups is 1. The van der Waals surface area contributed by atoms with Crippen LogP contribution in [0, 0.1) is 5.92 Å². The van der Waals surface area contributed by atoms with Crippen LogP contribution in [0.25, 0.3) is 0 Å². The second kappa shape index (κ2) is 5.56. The summed E-state index contributed by atoms with van der Waals surface area (Å²) in [7, 11) is 0. The summed E-state index contributed by atoms with van der Waals surface area (Å²) in [6.45, 7) is 4.69. The summed E-state index contributed by atoms with van der Waals surface area (Å²) in [4.78, 5) is 22.7. The molecular weight excluding hydrogens is 260 g/mol. The maximum Gasteiger partial charge on any atom is 0.344 e. The summed E-state index contributed by atoms with van der Waals surface area (Å²) in [6.07, 6.45) is 5.88. The Morgan fingerprint density at radius 1 is 1.45 bits per heavy atom. The number of carbonyl (C=O) groups excluding carboxylic acids is 2. The number of hydrogen-bond donors (Lipinski definition) is 1. The summed E-state index contributed by atoms with van der Waals surface area (Å²) < 4.78 is 10.1. The van der Waals surface area contributed by atoms with E-state index >= 15 is 0 Å². The van der Waals surface area contributed by atoms with Crippen LogP contribution in [0.15, 0.2) is 12.7 Å². The highest BCUT2D eigenvalue weighted by atomic mass is 16.6. The lowest BCUT2D eigenvalue weighted by molar-refractivity contribution is -0.186. The van der Waals surface area contributed by atoms with Crippen molar-refractivity contribution in [3.05, 3.63) is 12.7 Å². The predicted molar refractivity (Wildman–Crippen MR) is 71.8 cm³/mol. The van der Waals surface area contributed by atoms with Gasteiger partial charge < -0.3 is 14.6 Å². The number of hydrogen-bond acceptors (Lipinski definition) is 5. The minimum Gasteiger partial charge on any atom is -0.457 e. The van der Waals surface area contributed by atoms with Gasteiger partial charge in [-0.25, -0.2) is 9.59 Å². The van der Waals surface area contributed by atoms with Crippen LogP contribution in [-0.2, 0) is 19.1 Å². The lowest BCUT2D eigenvalue weighted by atomic mass is 9.64. The zero-order chi connectivity index (χ0) is 14.8. The van der Waals surface area contributed by atoms with Gasteiger partial charge in [0.15, 0.2) is 6.61 Å². The van der Waals surface area contributed by atoms with Gasteiger partial charge in [0.2, 0.25) is 0 Å². The van der Waals surface area contributed by atoms with Crippen molar-refractivity contribution < 1.29 is 24.2 Å². The monoisotopic (exact) mass is 282 g/mol. The predicted octanol–water partition coefficient (Wildman–Crippen LogP) is 1.73. The molecule has 0 saturated heterocycles. The van der Waals surface area contributed by atoms with Gasteiger partial charge in [-0.15, -0.1) is 0 Å². The fraction of sp³-hybridized carbons (Fsp3) is 0.733. The maximum atomic E-state index is 11.7. The van der Waals surface area contributed by atoms with Gasteiger partial charge in [-0.3, -0.25) is 0 Å². The van der Waals surface area contributed by atoms with Gasteiger partial charge in [-0.05, 0) is 32.1 Å². The highest BCUT2D eigenvalue weighted by Crippen LogP contribution is 2.48. The lowest BCUT2D eigenvalue weighted by Gasteiger charge is -2.49. The Labute approximate surface area is 118 Å². The second-order valence-corrected chi connectivity index (χ2v) is 6.30. The van der Waals surface area contributed by atoms with Crippen molar-refractivity contribution >= 4 is 11.9 Å². The van der Waals surface area contributed by atoms with Gasteiger partial charge in [-0.1, -0.05) is 19.4 Å². The minimum absolute atomic E-state index is 0.399. The smallest absolute Gasteiger partial charge is 0.344 e. The van der Waals surface area contributed by atoms with Crippen LogP contribution in [0.3, 0.4) is 0 Å². The van der Waals surface area contributed by atoms with Crippen molar-refractivity contribution in [3.63, 3.8) is 0 Å². The molecule has 2 fully saturated rings. The van der Waals surface area contributed by atoms with Gasteiger partial charge in [0.25, 0.3) is 0 Å². The van der Waals surface area contributed by atoms with E-state index in [2.05, 4.69) is 11.3 Å². The molecular formula is C15H22O5. The SMILES string of the molecule is C=CC(=O)OCC(=O)OC1(C)CC2CCCC(O)(C2)C1. The number of ether oxygens (including phenoxy) is 2. The minimum atomic E-state index is -0.714. The first-order valence-electron chi connectivity index (χ1n) is 7.08. The fourth-order valence-electron chi connectivity index (χ4n) is 3.75. The maximum absolute atomic E-state index is 11.7. The molecule has 0 spiro atoms. The largest absolute Gasteiger partial charge is 0.457 e. The molecule has 0 amide bonds. The third-order valence-electron chi connectivity index (χ3n) is 4.21. The lowest BCUT2D eigenvalue weighted by Crippen LogP contribution is -2.51. The van der Waals surface area contributed by atoms with Crippen molar-refractivity contribution in [3.8, 4) is 0 Å². The van der Waals surface area contributed by atoms with E-state index in [1.54, 1.807) is 0 Å². The Balaban J connectivity index is 1.92. The van der Waals surface area contributed by atoms with Crippen LogP contribution >= 0.6 is 0 Å². The summed E-state index contributed by atoms with van der Waals surface area (Å²) in [6, 6.07) is 0. The Kier molecular flexibility index (Phi) is 4.18. The zero-order valence-electron chi connectivity index (χ0n) is 11.9. The Hall–Kier alpha value is -1.36. The van der Waals surface area contributed by atoms with E-state index in [4.69, 9.17) is 4.74 Å². The average molecular weight is 282 g/mol. The van der Waals surface area contributed by atoms with E-state index in [-0.39, 0.29) is 0 Å². The van der Waals surface area contributed by atoms with E-state index in [0.29, 0.717) is 12.3 Å². The topological polar surface area (TPSA) is 72.8 Å². The fourth-order valence-corrected chi connectivity index (χ4v) is 3.75. The molecule has 0 aromatic rings. The summed E-state index contributed by atoms with van der Waals surface area (Å²) in [5.41, 5.74) is -1.39. The first-order chi connectivity index (χ1) is 9.34. The number of esters is 2. The van der Waals surface area contributed by atoms with Crippen molar-refractivity contribution in [1.82, 2.24) is 0 Å². The first kappa shape index (κ1) is 15.0. The van der Waals surface area contributed by atoms with Crippen LogP contribution in [0.5, 0.6) is 0 Å². The third kappa shape index (κ3) is 3.60. The Morgan fingerprint density at radius 3 is 2.85 bits per heavy atom. The van der Waals surface area contributed by atoms with Gasteiger partial charge in [-0.2, -0.15) is 0 Å². The molecule has 3 atom stereocenters. The van der Waals surface area contributed by atoms with Gasteiger partial charge >= 0.3 is 11.9 Å². The molecule has 20 heavy (non-hydrogen) atoms. The molecule has 1 N–H and O–H groups in total. The third-order valence-corrected chi connectivity index (χ3v) is 4.21. The highest BCUT2D eigenvalue weighted by Gasteiger charge is 2.49. The molecule has 0 aromatic carbocycles. The van der Waals surface area contributed by atoms with Crippen LogP contribution in [0.2, 0.25) is 0 Å². The molecule has 2 aliphatic carbocycles. The standard InChI is InChI=1S/C15H22O5/c1-3-12(16)19-9-13(17)20-14(2)7-11-5-4-6-15(18,8-11)10-14/h3,11,18H,1,4-10H2,2H3. The molecule has 0 aromatic heterocycles. The quantitative estimate of drug-likeness (QED) is 0.628. The van der Waals surface area contributed by atoms with E-state index in [9.17, 15) is 14.7 Å². The molecule has 5 nitrogen and oxygen atoms in total. The number of fused-ring (bicyclic) bond motifs is 2. The highest BCUT2D eigenvalue weighted by molar-refractivity contribution is 5.83. The number of rotatable bonds is 4. The van der Waals surface area contributed by atoms with E-state index in [1.165, 1.54) is 0 Å². The average Bonchev–Trinajstić information content (AvgIpc) is 2.33. The molecule has 2 bridgehead atoms. The summed E-state index contributed by atoms with van der Waals surface area (Å²) >= 11 is 0. The molecule has 2 aliphatic rings. The zero-order valence-corrected chi connectivity index (χ0v) is 11.9. The normalized spacial score (nSPS) is 36.0. The van der Waals surface area contributed by atoms with E-state index < -0.39 is 29.7 Å². The molecule has 3 unspecified atom stereocenters. The first-order valence-corrected chi connectivity index (χ1v) is 7.08. The summed E-state index contributed by atoms with van der Waals surface area (Å²) in [5, 5.41) is 10.5. The summed E-state index contributed by atoms with van der Waals surface area (Å²) in [5.74, 6) is -0.825. The van der Waals surface area contributed by atoms with Crippen LogP contribution in [-0.4, -0.2) is 34.9 Å². The molecule has 112 valence electrons. The van der Waals surface area contributed by atoms with Crippen LogP contribution in [0.1, 0.15) is 45.4 Å².